The second-order valence-corrected chi connectivity index (χ2v) is 15.9. The molecule has 1 aromatic heterocycles. The van der Waals surface area contributed by atoms with Crippen LogP contribution < -0.4 is 10.6 Å². The minimum atomic E-state index is -1.48. The van der Waals surface area contributed by atoms with Crippen molar-refractivity contribution in [2.75, 3.05) is 17.7 Å². The number of aliphatic carboxylic acids is 1. The molecule has 1 fully saturated rings. The molecule has 3 aliphatic rings. The Kier molecular flexibility index (Phi) is 9.87. The molecule has 1 saturated heterocycles. The molecule has 57 heavy (non-hydrogen) atoms. The molecule has 0 radical (unpaired) electrons. The van der Waals surface area contributed by atoms with Crippen LogP contribution in [0.1, 0.15) is 47.4 Å². The number of thioether (sulfide) groups is 1. The number of oxime groups is 1. The van der Waals surface area contributed by atoms with Crippen molar-refractivity contribution >= 4 is 51.7 Å². The summed E-state index contributed by atoms with van der Waals surface area (Å²) >= 11 is 2.62. The Morgan fingerprint density at radius 1 is 0.930 bits per heavy atom. The maximum atomic E-state index is 14.2. The van der Waals surface area contributed by atoms with Gasteiger partial charge in [-0.2, -0.15) is 0 Å². The van der Waals surface area contributed by atoms with Crippen LogP contribution >= 0.6 is 23.1 Å². The fourth-order valence-corrected chi connectivity index (χ4v) is 9.92. The number of nitrogens with zero attached hydrogens (tertiary/aromatic N) is 4. The number of carbonyl (C=O) groups excluding carboxylic acids is 2. The van der Waals surface area contributed by atoms with Crippen molar-refractivity contribution in [2.24, 2.45) is 5.16 Å². The average Bonchev–Trinajstić information content (AvgIpc) is 3.87. The van der Waals surface area contributed by atoms with E-state index in [-0.39, 0.29) is 41.0 Å². The van der Waals surface area contributed by atoms with E-state index in [2.05, 4.69) is 52.2 Å². The van der Waals surface area contributed by atoms with E-state index in [1.807, 2.05) is 59.5 Å². The zero-order chi connectivity index (χ0) is 39.9. The van der Waals surface area contributed by atoms with Gasteiger partial charge in [-0.25, -0.2) is 9.78 Å². The van der Waals surface area contributed by atoms with E-state index in [0.717, 1.165) is 27.8 Å². The van der Waals surface area contributed by atoms with Gasteiger partial charge in [0, 0.05) is 24.2 Å². The first kappa shape index (κ1) is 37.6. The quantitative estimate of drug-likeness (QED) is 0.0339. The van der Waals surface area contributed by atoms with Crippen molar-refractivity contribution < 1.29 is 34.5 Å². The molecule has 290 valence electrons. The highest BCUT2D eigenvalue weighted by molar-refractivity contribution is 8.00. The van der Waals surface area contributed by atoms with Crippen molar-refractivity contribution in [2.45, 2.75) is 43.4 Å². The Morgan fingerprint density at radius 2 is 1.47 bits per heavy atom. The summed E-state index contributed by atoms with van der Waals surface area (Å²) in [6.45, 7) is 4.06. The monoisotopic (exact) mass is 802 g/mol. The third kappa shape index (κ3) is 6.51. The molecular formula is C42H38N6O7S2. The van der Waals surface area contributed by atoms with Crippen LogP contribution in [-0.4, -0.2) is 76.9 Å². The normalized spacial score (nSPS) is 19.1. The highest BCUT2D eigenvalue weighted by Crippen LogP contribution is 2.48. The highest BCUT2D eigenvalue weighted by Gasteiger charge is 2.63. The molecule has 4 aromatic carbocycles. The molecule has 15 heteroatoms. The van der Waals surface area contributed by atoms with Crippen LogP contribution in [-0.2, 0) is 37.8 Å². The molecule has 0 saturated carbocycles. The smallest absolute Gasteiger partial charge is 0.354 e. The van der Waals surface area contributed by atoms with Crippen molar-refractivity contribution in [3.05, 3.63) is 153 Å². The third-order valence-corrected chi connectivity index (χ3v) is 12.6. The number of nitrogens with one attached hydrogen (secondary N) is 2. The molecule has 1 unspecified atom stereocenters. The SMILES string of the molecule is CCO/N=C(\C(=O)NC1(C)C(=O)N2C(C(=O)O)=C(N3Cc4cc(O)c(O)cc4C3)CS[C@H]21)c1csc(NC(c2ccccc2)(c2ccccc2)c2ccccc2)n1. The van der Waals surface area contributed by atoms with Crippen molar-refractivity contribution in [1.29, 1.82) is 0 Å². The minimum Gasteiger partial charge on any atom is -0.504 e. The van der Waals surface area contributed by atoms with Crippen LogP contribution in [0, 0.1) is 0 Å². The van der Waals surface area contributed by atoms with E-state index in [4.69, 9.17) is 9.82 Å². The fourth-order valence-electron chi connectivity index (χ4n) is 7.69. The van der Waals surface area contributed by atoms with Gasteiger partial charge in [0.25, 0.3) is 11.8 Å². The van der Waals surface area contributed by atoms with E-state index >= 15 is 0 Å². The number of hydrogen-bond donors (Lipinski definition) is 5. The van der Waals surface area contributed by atoms with E-state index in [9.17, 15) is 29.7 Å². The van der Waals surface area contributed by atoms with Crippen molar-refractivity contribution in [1.82, 2.24) is 20.1 Å². The Hall–Kier alpha value is -6.32. The van der Waals surface area contributed by atoms with Gasteiger partial charge in [0.15, 0.2) is 28.0 Å². The van der Waals surface area contributed by atoms with Gasteiger partial charge < -0.3 is 35.7 Å². The number of phenolic OH excluding ortho intramolecular Hbond substituents is 2. The van der Waals surface area contributed by atoms with Crippen molar-refractivity contribution in [3.8, 4) is 11.5 Å². The molecule has 2 amide bonds. The number of phenols is 2. The van der Waals surface area contributed by atoms with Crippen LogP contribution in [0.4, 0.5) is 5.13 Å². The summed E-state index contributed by atoms with van der Waals surface area (Å²) < 4.78 is 0. The number of thiazole rings is 1. The van der Waals surface area contributed by atoms with Gasteiger partial charge in [-0.05, 0) is 53.8 Å². The fraction of sp³-hybridized carbons (Fsp3) is 0.214. The highest BCUT2D eigenvalue weighted by atomic mass is 32.2. The molecule has 0 aliphatic carbocycles. The van der Waals surface area contributed by atoms with Crippen LogP contribution in [0.25, 0.3) is 0 Å². The van der Waals surface area contributed by atoms with Gasteiger partial charge in [0.05, 0.1) is 5.70 Å². The van der Waals surface area contributed by atoms with Gasteiger partial charge in [0.2, 0.25) is 0 Å². The van der Waals surface area contributed by atoms with Crippen molar-refractivity contribution in [3.63, 3.8) is 0 Å². The van der Waals surface area contributed by atoms with E-state index in [1.54, 1.807) is 19.2 Å². The number of benzene rings is 4. The zero-order valence-electron chi connectivity index (χ0n) is 30.9. The lowest BCUT2D eigenvalue weighted by Crippen LogP contribution is -2.79. The summed E-state index contributed by atoms with van der Waals surface area (Å²) in [5.74, 6) is -2.87. The Labute approximate surface area is 336 Å². The Balaban J connectivity index is 1.07. The predicted molar refractivity (Wildman–Crippen MR) is 216 cm³/mol. The van der Waals surface area contributed by atoms with E-state index in [1.165, 1.54) is 40.1 Å². The standard InChI is InChI=1S/C42H38N6O7S2/c1-3-55-46-34(30-23-57-40(43-30)45-42(27-13-7-4-8-14-27,28-15-9-5-10-16-28)29-17-11-6-12-18-29)36(51)44-41(2)38(54)48-35(37(52)53)31(24-56-39(41)48)47-21-25-19-32(49)33(50)20-26(25)22-47/h4-20,23,39,49-50H,3,21-22,24H2,1-2H3,(H,43,45)(H,44,51)(H,52,53)/b46-34-/t39-,41?/m0/s1. The summed E-state index contributed by atoms with van der Waals surface area (Å²) in [4.78, 5) is 54.2. The molecule has 0 bridgehead atoms. The topological polar surface area (TPSA) is 177 Å². The largest absolute Gasteiger partial charge is 0.504 e. The minimum absolute atomic E-state index is 0.143. The number of β-lactam (4-membered cyclic amide) rings is 1. The molecular weight excluding hydrogens is 765 g/mol. The molecule has 4 heterocycles. The lowest BCUT2D eigenvalue weighted by molar-refractivity contribution is -0.157. The summed E-state index contributed by atoms with van der Waals surface area (Å²) in [6.07, 6.45) is 0. The second-order valence-electron chi connectivity index (χ2n) is 13.9. The number of anilines is 1. The first-order valence-electron chi connectivity index (χ1n) is 18.2. The summed E-state index contributed by atoms with van der Waals surface area (Å²) in [5.41, 5.74) is 2.38. The Morgan fingerprint density at radius 3 is 1.98 bits per heavy atom. The molecule has 5 N–H and O–H groups in total. The van der Waals surface area contributed by atoms with Crippen LogP contribution in [0.3, 0.4) is 0 Å². The number of hydrogen-bond acceptors (Lipinski definition) is 12. The molecule has 3 aliphatic heterocycles. The van der Waals surface area contributed by atoms with E-state index < -0.39 is 34.2 Å². The van der Waals surface area contributed by atoms with Crippen LogP contribution in [0.2, 0.25) is 0 Å². The second kappa shape index (κ2) is 15.0. The first-order chi connectivity index (χ1) is 27.5. The number of amides is 2. The number of carbonyl (C=O) groups is 3. The van der Waals surface area contributed by atoms with Crippen LogP contribution in [0.15, 0.2) is 125 Å². The summed E-state index contributed by atoms with van der Waals surface area (Å²) in [6, 6.07) is 33.0. The lowest BCUT2D eigenvalue weighted by Gasteiger charge is -2.56. The van der Waals surface area contributed by atoms with Gasteiger partial charge in [0.1, 0.15) is 28.8 Å². The van der Waals surface area contributed by atoms with E-state index in [0.29, 0.717) is 23.9 Å². The summed E-state index contributed by atoms with van der Waals surface area (Å²) in [7, 11) is 0. The lowest BCUT2D eigenvalue weighted by atomic mass is 9.77. The number of aromatic nitrogens is 1. The average molecular weight is 803 g/mol. The van der Waals surface area contributed by atoms with Gasteiger partial charge in [-0.15, -0.1) is 23.1 Å². The summed E-state index contributed by atoms with van der Waals surface area (Å²) in [5, 5.41) is 42.6. The number of rotatable bonds is 12. The zero-order valence-corrected chi connectivity index (χ0v) is 32.5. The first-order valence-corrected chi connectivity index (χ1v) is 20.1. The number of carboxylic acid groups (broad SMARTS) is 1. The Bertz CT molecular complexity index is 2300. The maximum Gasteiger partial charge on any atom is 0.354 e. The number of fused-ring (bicyclic) bond motifs is 2. The number of carboxylic acids is 1. The predicted octanol–water partition coefficient (Wildman–Crippen LogP) is 5.80. The van der Waals surface area contributed by atoms with Gasteiger partial charge in [-0.1, -0.05) is 96.2 Å². The molecule has 13 nitrogen and oxygen atoms in total. The molecule has 8 rings (SSSR count). The number of aromatic hydroxyl groups is 2. The van der Waals surface area contributed by atoms with Gasteiger partial charge >= 0.3 is 5.97 Å². The maximum absolute atomic E-state index is 14.2. The third-order valence-electron chi connectivity index (χ3n) is 10.4. The van der Waals surface area contributed by atoms with Gasteiger partial charge in [-0.3, -0.25) is 14.5 Å². The molecule has 0 spiro atoms. The molecule has 5 aromatic rings. The molecule has 2 atom stereocenters. The van der Waals surface area contributed by atoms with Crippen LogP contribution in [0.5, 0.6) is 11.5 Å².